The monoisotopic (exact) mass is 435 g/mol. The fourth-order valence-corrected chi connectivity index (χ4v) is 4.72. The molecule has 4 rings (SSSR count). The number of piperidine rings is 1. The summed E-state index contributed by atoms with van der Waals surface area (Å²) in [7, 11) is 0. The average molecular weight is 436 g/mol. The molecule has 6 heteroatoms. The van der Waals surface area contributed by atoms with Crippen LogP contribution in [0.5, 0.6) is 0 Å². The van der Waals surface area contributed by atoms with Gasteiger partial charge in [-0.25, -0.2) is 9.29 Å². The van der Waals surface area contributed by atoms with E-state index < -0.39 is 0 Å². The summed E-state index contributed by atoms with van der Waals surface area (Å²) in [6.07, 6.45) is 2.08. The third-order valence-corrected chi connectivity index (χ3v) is 6.40. The Morgan fingerprint density at radius 1 is 0.969 bits per heavy atom. The number of anilines is 2. The van der Waals surface area contributed by atoms with Gasteiger partial charge in [-0.05, 0) is 74.6 Å². The highest BCUT2D eigenvalue weighted by Gasteiger charge is 2.43. The van der Waals surface area contributed by atoms with Crippen molar-refractivity contribution in [1.29, 1.82) is 0 Å². The molecule has 0 bridgehead atoms. The van der Waals surface area contributed by atoms with E-state index in [1.807, 2.05) is 29.2 Å². The number of carbonyl (C=O) groups is 2. The predicted octanol–water partition coefficient (Wildman–Crippen LogP) is 4.69. The van der Waals surface area contributed by atoms with E-state index in [0.29, 0.717) is 28.4 Å². The Morgan fingerprint density at radius 3 is 2.22 bits per heavy atom. The highest BCUT2D eigenvalue weighted by molar-refractivity contribution is 6.45. The number of likely N-dealkylation sites (tertiary alicyclic amines) is 1. The molecule has 5 nitrogen and oxygen atoms in total. The zero-order valence-electron chi connectivity index (χ0n) is 19.0. The Bertz CT molecular complexity index is 1030. The highest BCUT2D eigenvalue weighted by Crippen LogP contribution is 2.37. The van der Waals surface area contributed by atoms with Crippen LogP contribution < -0.4 is 9.80 Å². The standard InChI is InChI=1S/C26H30FN3O2/c1-4-28(5-2)21-12-14-22(15-13-21)30-25(31)23(19-8-10-20(27)11-9-19)24(26(30)32)29-16-6-7-18(3)17-29/h8-15,18H,4-7,16-17H2,1-3H3. The van der Waals surface area contributed by atoms with Crippen molar-refractivity contribution in [3.8, 4) is 0 Å². The van der Waals surface area contributed by atoms with Crippen molar-refractivity contribution in [2.45, 2.75) is 33.6 Å². The lowest BCUT2D eigenvalue weighted by Crippen LogP contribution is -2.39. The Labute approximate surface area is 189 Å². The van der Waals surface area contributed by atoms with Crippen LogP contribution in [0.4, 0.5) is 15.8 Å². The molecule has 2 heterocycles. The molecule has 32 heavy (non-hydrogen) atoms. The Balaban J connectivity index is 1.74. The number of hydrogen-bond acceptors (Lipinski definition) is 4. The van der Waals surface area contributed by atoms with Gasteiger partial charge in [0.2, 0.25) is 0 Å². The molecule has 2 aliphatic heterocycles. The molecule has 2 aromatic carbocycles. The van der Waals surface area contributed by atoms with Crippen LogP contribution in [-0.4, -0.2) is 42.9 Å². The van der Waals surface area contributed by atoms with E-state index in [0.717, 1.165) is 44.7 Å². The van der Waals surface area contributed by atoms with Crippen molar-refractivity contribution < 1.29 is 14.0 Å². The van der Waals surface area contributed by atoms with Crippen molar-refractivity contribution in [3.05, 3.63) is 65.6 Å². The number of nitrogens with zero attached hydrogens (tertiary/aromatic N) is 3. The van der Waals surface area contributed by atoms with Gasteiger partial charge in [-0.2, -0.15) is 0 Å². The summed E-state index contributed by atoms with van der Waals surface area (Å²) >= 11 is 0. The lowest BCUT2D eigenvalue weighted by atomic mass is 9.98. The number of carbonyl (C=O) groups excluding carboxylic acids is 2. The topological polar surface area (TPSA) is 43.9 Å². The first-order chi connectivity index (χ1) is 15.4. The van der Waals surface area contributed by atoms with Gasteiger partial charge in [0.1, 0.15) is 11.5 Å². The molecule has 0 radical (unpaired) electrons. The first kappa shape index (κ1) is 22.1. The van der Waals surface area contributed by atoms with E-state index in [4.69, 9.17) is 0 Å². The van der Waals surface area contributed by atoms with Crippen molar-refractivity contribution >= 4 is 28.8 Å². The van der Waals surface area contributed by atoms with Crippen LogP contribution in [0.25, 0.3) is 5.57 Å². The van der Waals surface area contributed by atoms with Crippen LogP contribution in [0, 0.1) is 11.7 Å². The summed E-state index contributed by atoms with van der Waals surface area (Å²) in [6.45, 7) is 9.57. The fourth-order valence-electron chi connectivity index (χ4n) is 4.72. The molecule has 1 unspecified atom stereocenters. The van der Waals surface area contributed by atoms with Crippen LogP contribution in [0.15, 0.2) is 54.2 Å². The number of rotatable bonds is 6. The van der Waals surface area contributed by atoms with E-state index in [-0.39, 0.29) is 17.6 Å². The van der Waals surface area contributed by atoms with Crippen LogP contribution in [0.1, 0.15) is 39.2 Å². The highest BCUT2D eigenvalue weighted by atomic mass is 19.1. The van der Waals surface area contributed by atoms with Gasteiger partial charge in [0.25, 0.3) is 11.8 Å². The second kappa shape index (κ2) is 9.15. The van der Waals surface area contributed by atoms with Gasteiger partial charge >= 0.3 is 0 Å². The molecule has 2 aliphatic rings. The maximum atomic E-state index is 13.6. The second-order valence-electron chi connectivity index (χ2n) is 8.56. The van der Waals surface area contributed by atoms with Gasteiger partial charge in [-0.1, -0.05) is 19.1 Å². The molecular weight excluding hydrogens is 405 g/mol. The van der Waals surface area contributed by atoms with Crippen molar-refractivity contribution in [2.75, 3.05) is 36.0 Å². The Hall–Kier alpha value is -3.15. The summed E-state index contributed by atoms with van der Waals surface area (Å²) in [5, 5.41) is 0. The van der Waals surface area contributed by atoms with E-state index in [2.05, 4.69) is 25.7 Å². The fraction of sp³-hybridized carbons (Fsp3) is 0.385. The van der Waals surface area contributed by atoms with Gasteiger partial charge in [0, 0.05) is 31.9 Å². The molecule has 0 saturated carbocycles. The molecule has 1 saturated heterocycles. The largest absolute Gasteiger partial charge is 0.372 e. The number of imide groups is 1. The molecular formula is C26H30FN3O2. The minimum absolute atomic E-state index is 0.306. The predicted molar refractivity (Wildman–Crippen MR) is 126 cm³/mol. The number of hydrogen-bond donors (Lipinski definition) is 0. The van der Waals surface area contributed by atoms with Crippen LogP contribution in [0.3, 0.4) is 0 Å². The molecule has 2 amide bonds. The minimum atomic E-state index is -0.372. The number of benzene rings is 2. The van der Waals surface area contributed by atoms with Crippen molar-refractivity contribution in [2.24, 2.45) is 5.92 Å². The lowest BCUT2D eigenvalue weighted by Gasteiger charge is -2.33. The lowest BCUT2D eigenvalue weighted by molar-refractivity contribution is -0.120. The van der Waals surface area contributed by atoms with Gasteiger partial charge in [0.05, 0.1) is 11.3 Å². The quantitative estimate of drug-likeness (QED) is 0.618. The van der Waals surface area contributed by atoms with Gasteiger partial charge in [-0.15, -0.1) is 0 Å². The normalized spacial score (nSPS) is 19.2. The van der Waals surface area contributed by atoms with Crippen LogP contribution in [-0.2, 0) is 9.59 Å². The molecule has 1 fully saturated rings. The van der Waals surface area contributed by atoms with Crippen LogP contribution in [0.2, 0.25) is 0 Å². The maximum Gasteiger partial charge on any atom is 0.282 e. The number of halogens is 1. The first-order valence-corrected chi connectivity index (χ1v) is 11.4. The van der Waals surface area contributed by atoms with E-state index in [9.17, 15) is 14.0 Å². The Morgan fingerprint density at radius 2 is 1.62 bits per heavy atom. The summed E-state index contributed by atoms with van der Waals surface area (Å²) in [4.78, 5) is 32.7. The summed E-state index contributed by atoms with van der Waals surface area (Å²) in [6, 6.07) is 13.4. The summed E-state index contributed by atoms with van der Waals surface area (Å²) < 4.78 is 13.6. The van der Waals surface area contributed by atoms with E-state index in [1.165, 1.54) is 17.0 Å². The first-order valence-electron chi connectivity index (χ1n) is 11.4. The maximum absolute atomic E-state index is 13.6. The molecule has 0 aliphatic carbocycles. The minimum Gasteiger partial charge on any atom is -0.372 e. The van der Waals surface area contributed by atoms with E-state index in [1.54, 1.807) is 12.1 Å². The molecule has 0 N–H and O–H groups in total. The second-order valence-corrected chi connectivity index (χ2v) is 8.56. The third-order valence-electron chi connectivity index (χ3n) is 6.40. The zero-order valence-corrected chi connectivity index (χ0v) is 19.0. The van der Waals surface area contributed by atoms with Crippen molar-refractivity contribution in [1.82, 2.24) is 4.90 Å². The SMILES string of the molecule is CCN(CC)c1ccc(N2C(=O)C(c3ccc(F)cc3)=C(N3CCCC(C)C3)C2=O)cc1. The Kier molecular flexibility index (Phi) is 6.31. The number of amides is 2. The molecule has 0 aromatic heterocycles. The third kappa shape index (κ3) is 4.01. The van der Waals surface area contributed by atoms with Gasteiger partial charge in [0.15, 0.2) is 0 Å². The van der Waals surface area contributed by atoms with Gasteiger partial charge in [-0.3, -0.25) is 9.59 Å². The van der Waals surface area contributed by atoms with Crippen LogP contribution >= 0.6 is 0 Å². The molecule has 1 atom stereocenters. The average Bonchev–Trinajstić information content (AvgIpc) is 3.06. The van der Waals surface area contributed by atoms with E-state index >= 15 is 0 Å². The summed E-state index contributed by atoms with van der Waals surface area (Å²) in [5.74, 6) is -0.594. The van der Waals surface area contributed by atoms with Gasteiger partial charge < -0.3 is 9.80 Å². The molecule has 2 aromatic rings. The summed E-state index contributed by atoms with van der Waals surface area (Å²) in [5.41, 5.74) is 2.96. The van der Waals surface area contributed by atoms with Crippen molar-refractivity contribution in [3.63, 3.8) is 0 Å². The molecule has 168 valence electrons. The molecule has 0 spiro atoms. The zero-order chi connectivity index (χ0) is 22.8. The smallest absolute Gasteiger partial charge is 0.282 e.